The third kappa shape index (κ3) is 4.21. The van der Waals surface area contributed by atoms with Crippen molar-refractivity contribution in [2.45, 2.75) is 22.6 Å². The monoisotopic (exact) mass is 355 g/mol. The van der Waals surface area contributed by atoms with Gasteiger partial charge >= 0.3 is 0 Å². The smallest absolute Gasteiger partial charge is 0.234 e. The number of benzene rings is 2. The van der Waals surface area contributed by atoms with Crippen LogP contribution in [-0.2, 0) is 4.79 Å². The number of nitrogens with zero attached hydrogens (tertiary/aromatic N) is 2. The van der Waals surface area contributed by atoms with E-state index in [0.29, 0.717) is 0 Å². The quantitative estimate of drug-likeness (QED) is 0.681. The molecule has 0 aliphatic carbocycles. The first-order chi connectivity index (χ1) is 11.7. The maximum absolute atomic E-state index is 12.7. The highest BCUT2D eigenvalue weighted by Crippen LogP contribution is 2.26. The second-order valence-electron chi connectivity index (χ2n) is 5.23. The lowest BCUT2D eigenvalue weighted by Gasteiger charge is -2.21. The lowest BCUT2D eigenvalue weighted by atomic mass is 9.98. The molecule has 1 aromatic heterocycles. The van der Waals surface area contributed by atoms with E-state index in [1.807, 2.05) is 67.6 Å². The number of carbonyl (C=O) groups excluding carboxylic acids is 1. The second-order valence-corrected chi connectivity index (χ2v) is 7.65. The maximum Gasteiger partial charge on any atom is 0.234 e. The fraction of sp³-hybridized carbons (Fsp3) is 0.167. The molecule has 0 saturated carbocycles. The lowest BCUT2D eigenvalue weighted by molar-refractivity contribution is -0.120. The van der Waals surface area contributed by atoms with Gasteiger partial charge in [-0.15, -0.1) is 10.2 Å². The minimum absolute atomic E-state index is 0.0205. The summed E-state index contributed by atoms with van der Waals surface area (Å²) in [5.41, 5.74) is 3.79. The van der Waals surface area contributed by atoms with E-state index in [4.69, 9.17) is 0 Å². The molecular formula is C18H17N3OS2. The zero-order valence-electron chi connectivity index (χ0n) is 13.1. The van der Waals surface area contributed by atoms with Gasteiger partial charge in [0.25, 0.3) is 0 Å². The van der Waals surface area contributed by atoms with Crippen molar-refractivity contribution < 1.29 is 4.79 Å². The van der Waals surface area contributed by atoms with Crippen LogP contribution in [0.2, 0.25) is 0 Å². The van der Waals surface area contributed by atoms with Crippen molar-refractivity contribution in [3.8, 4) is 0 Å². The van der Waals surface area contributed by atoms with Gasteiger partial charge in [-0.05, 0) is 18.1 Å². The minimum Gasteiger partial charge on any atom is -0.344 e. The Bertz CT molecular complexity index is 724. The first-order valence-electron chi connectivity index (χ1n) is 7.57. The maximum atomic E-state index is 12.7. The molecule has 4 nitrogen and oxygen atoms in total. The van der Waals surface area contributed by atoms with Gasteiger partial charge in [0.15, 0.2) is 4.34 Å². The van der Waals surface area contributed by atoms with Gasteiger partial charge in [-0.1, -0.05) is 83.8 Å². The third-order valence-electron chi connectivity index (χ3n) is 3.54. The van der Waals surface area contributed by atoms with E-state index >= 15 is 0 Å². The molecule has 0 aliphatic rings. The molecule has 3 aromatic rings. The van der Waals surface area contributed by atoms with Crippen LogP contribution in [0.3, 0.4) is 0 Å². The SMILES string of the molecule is C[C@@H](Sc1nncs1)C(=O)NC(c1ccccc1)c1ccccc1. The summed E-state index contributed by atoms with van der Waals surface area (Å²) in [6, 6.07) is 19.8. The van der Waals surface area contributed by atoms with Gasteiger partial charge in [0.1, 0.15) is 5.51 Å². The predicted molar refractivity (Wildman–Crippen MR) is 98.1 cm³/mol. The largest absolute Gasteiger partial charge is 0.344 e. The molecule has 1 heterocycles. The number of aromatic nitrogens is 2. The minimum atomic E-state index is -0.243. The van der Waals surface area contributed by atoms with Gasteiger partial charge in [0, 0.05) is 0 Å². The van der Waals surface area contributed by atoms with Crippen LogP contribution in [0.4, 0.5) is 0 Å². The molecule has 1 N–H and O–H groups in total. The first kappa shape index (κ1) is 16.7. The zero-order chi connectivity index (χ0) is 16.8. The van der Waals surface area contributed by atoms with Gasteiger partial charge < -0.3 is 5.32 Å². The van der Waals surface area contributed by atoms with Crippen molar-refractivity contribution in [1.82, 2.24) is 15.5 Å². The fourth-order valence-electron chi connectivity index (χ4n) is 2.33. The number of carbonyl (C=O) groups is 1. The zero-order valence-corrected chi connectivity index (χ0v) is 14.8. The fourth-order valence-corrected chi connectivity index (χ4v) is 3.96. The van der Waals surface area contributed by atoms with Gasteiger partial charge in [0.2, 0.25) is 5.91 Å². The van der Waals surface area contributed by atoms with Gasteiger partial charge in [-0.3, -0.25) is 4.79 Å². The molecule has 0 bridgehead atoms. The van der Waals surface area contributed by atoms with Crippen molar-refractivity contribution in [3.63, 3.8) is 0 Å². The van der Waals surface area contributed by atoms with E-state index in [-0.39, 0.29) is 17.2 Å². The number of rotatable bonds is 6. The van der Waals surface area contributed by atoms with Crippen LogP contribution in [-0.4, -0.2) is 21.4 Å². The number of nitrogens with one attached hydrogen (secondary N) is 1. The number of hydrogen-bond donors (Lipinski definition) is 1. The summed E-state index contributed by atoms with van der Waals surface area (Å²) in [7, 11) is 0. The molecule has 0 unspecified atom stereocenters. The van der Waals surface area contributed by atoms with Gasteiger partial charge in [-0.2, -0.15) is 0 Å². The summed E-state index contributed by atoms with van der Waals surface area (Å²) in [5, 5.41) is 10.7. The van der Waals surface area contributed by atoms with Crippen molar-refractivity contribution in [1.29, 1.82) is 0 Å². The Kier molecular flexibility index (Phi) is 5.61. The van der Waals surface area contributed by atoms with Crippen molar-refractivity contribution >= 4 is 29.0 Å². The first-order valence-corrected chi connectivity index (χ1v) is 9.33. The van der Waals surface area contributed by atoms with Crippen LogP contribution in [0, 0.1) is 0 Å². The molecule has 0 fully saturated rings. The number of thioether (sulfide) groups is 1. The van der Waals surface area contributed by atoms with E-state index in [1.54, 1.807) is 5.51 Å². The highest BCUT2D eigenvalue weighted by atomic mass is 32.2. The molecule has 0 saturated heterocycles. The Morgan fingerprint density at radius 3 is 2.12 bits per heavy atom. The number of hydrogen-bond acceptors (Lipinski definition) is 5. The summed E-state index contributed by atoms with van der Waals surface area (Å²) in [6.45, 7) is 1.88. The van der Waals surface area contributed by atoms with Crippen LogP contribution in [0.15, 0.2) is 70.5 Å². The molecular weight excluding hydrogens is 338 g/mol. The predicted octanol–water partition coefficient (Wildman–Crippen LogP) is 3.92. The molecule has 1 amide bonds. The molecule has 3 rings (SSSR count). The van der Waals surface area contributed by atoms with Crippen molar-refractivity contribution in [2.24, 2.45) is 0 Å². The van der Waals surface area contributed by atoms with Gasteiger partial charge in [-0.25, -0.2) is 0 Å². The highest BCUT2D eigenvalue weighted by molar-refractivity contribution is 8.02. The van der Waals surface area contributed by atoms with Crippen LogP contribution in [0.1, 0.15) is 24.1 Å². The molecule has 2 aromatic carbocycles. The molecule has 1 atom stereocenters. The van der Waals surface area contributed by atoms with Crippen LogP contribution >= 0.6 is 23.1 Å². The Balaban J connectivity index is 1.78. The van der Waals surface area contributed by atoms with Crippen LogP contribution in [0.5, 0.6) is 0 Å². The Hall–Kier alpha value is -2.18. The Morgan fingerprint density at radius 1 is 1.04 bits per heavy atom. The van der Waals surface area contributed by atoms with Crippen LogP contribution in [0.25, 0.3) is 0 Å². The highest BCUT2D eigenvalue weighted by Gasteiger charge is 2.21. The summed E-state index contributed by atoms with van der Waals surface area (Å²) >= 11 is 2.86. The van der Waals surface area contributed by atoms with Crippen molar-refractivity contribution in [3.05, 3.63) is 77.3 Å². The summed E-state index contributed by atoms with van der Waals surface area (Å²) in [6.07, 6.45) is 0. The van der Waals surface area contributed by atoms with Crippen molar-refractivity contribution in [2.75, 3.05) is 0 Å². The molecule has 24 heavy (non-hydrogen) atoms. The normalized spacial score (nSPS) is 12.1. The standard InChI is InChI=1S/C18H17N3OS2/c1-13(24-18-21-19-12-23-18)17(22)20-16(14-8-4-2-5-9-14)15-10-6-3-7-11-15/h2-13,16H,1H3,(H,20,22)/t13-/m1/s1. The van der Waals surface area contributed by atoms with Crippen LogP contribution < -0.4 is 5.32 Å². The average molecular weight is 355 g/mol. The third-order valence-corrected chi connectivity index (χ3v) is 5.45. The molecule has 0 spiro atoms. The van der Waals surface area contributed by atoms with E-state index in [1.165, 1.54) is 23.1 Å². The second kappa shape index (κ2) is 8.08. The molecule has 6 heteroatoms. The summed E-state index contributed by atoms with van der Waals surface area (Å²) < 4.78 is 0.800. The van der Waals surface area contributed by atoms with Gasteiger partial charge in [0.05, 0.1) is 11.3 Å². The van der Waals surface area contributed by atoms with E-state index < -0.39 is 0 Å². The topological polar surface area (TPSA) is 54.9 Å². The Labute approximate surface area is 149 Å². The van der Waals surface area contributed by atoms with E-state index in [9.17, 15) is 4.79 Å². The summed E-state index contributed by atoms with van der Waals surface area (Å²) in [5.74, 6) is -0.0205. The Morgan fingerprint density at radius 2 is 1.62 bits per heavy atom. The molecule has 0 radical (unpaired) electrons. The molecule has 122 valence electrons. The van der Waals surface area contributed by atoms with E-state index in [0.717, 1.165) is 15.5 Å². The average Bonchev–Trinajstić information content (AvgIpc) is 3.14. The lowest BCUT2D eigenvalue weighted by Crippen LogP contribution is -2.34. The number of amides is 1. The molecule has 0 aliphatic heterocycles. The summed E-state index contributed by atoms with van der Waals surface area (Å²) in [4.78, 5) is 12.7. The van der Waals surface area contributed by atoms with E-state index in [2.05, 4.69) is 15.5 Å².